The van der Waals surface area contributed by atoms with Crippen molar-refractivity contribution in [1.82, 2.24) is 0 Å². The lowest BCUT2D eigenvalue weighted by molar-refractivity contribution is -0.138. The second-order valence-corrected chi connectivity index (χ2v) is 5.90. The molecule has 0 aromatic heterocycles. The zero-order valence-electron chi connectivity index (χ0n) is 11.0. The van der Waals surface area contributed by atoms with Crippen molar-refractivity contribution < 1.29 is 13.2 Å². The molecule has 2 rings (SSSR count). The van der Waals surface area contributed by atoms with Crippen molar-refractivity contribution in [1.29, 1.82) is 0 Å². The Morgan fingerprint density at radius 1 is 1.10 bits per heavy atom. The normalized spacial score (nSPS) is 13.0. The van der Waals surface area contributed by atoms with E-state index in [2.05, 4.69) is 21.2 Å². The largest absolute Gasteiger partial charge is 0.417 e. The summed E-state index contributed by atoms with van der Waals surface area (Å²) in [5, 5.41) is 3.67. The summed E-state index contributed by atoms with van der Waals surface area (Å²) in [6.45, 7) is 1.87. The molecule has 1 unspecified atom stereocenters. The van der Waals surface area contributed by atoms with Gasteiger partial charge < -0.3 is 5.32 Å². The topological polar surface area (TPSA) is 12.0 Å². The smallest absolute Gasteiger partial charge is 0.379 e. The molecule has 2 aromatic rings. The molecule has 0 saturated carbocycles. The number of nitrogens with one attached hydrogen (secondary N) is 1. The number of alkyl halides is 3. The van der Waals surface area contributed by atoms with Gasteiger partial charge in [-0.05, 0) is 42.8 Å². The molecule has 0 saturated heterocycles. The van der Waals surface area contributed by atoms with Crippen molar-refractivity contribution >= 4 is 33.2 Å². The molecular formula is C15H12BrClF3N. The third kappa shape index (κ3) is 4.14. The van der Waals surface area contributed by atoms with Gasteiger partial charge in [0.05, 0.1) is 5.56 Å². The number of benzene rings is 2. The van der Waals surface area contributed by atoms with Crippen LogP contribution in [0.15, 0.2) is 46.9 Å². The van der Waals surface area contributed by atoms with Crippen LogP contribution < -0.4 is 5.32 Å². The van der Waals surface area contributed by atoms with E-state index >= 15 is 0 Å². The highest BCUT2D eigenvalue weighted by Gasteiger charge is 2.33. The molecule has 1 N–H and O–H groups in total. The van der Waals surface area contributed by atoms with Crippen LogP contribution in [0.5, 0.6) is 0 Å². The van der Waals surface area contributed by atoms with Gasteiger partial charge in [0.15, 0.2) is 0 Å². The second-order valence-electron chi connectivity index (χ2n) is 4.61. The predicted molar refractivity (Wildman–Crippen MR) is 82.6 cm³/mol. The first-order valence-corrected chi connectivity index (χ1v) is 7.33. The lowest BCUT2D eigenvalue weighted by atomic mass is 10.1. The zero-order valence-corrected chi connectivity index (χ0v) is 13.4. The second kappa shape index (κ2) is 6.28. The first-order chi connectivity index (χ1) is 9.77. The molecule has 0 heterocycles. The minimum absolute atomic E-state index is 0.0275. The van der Waals surface area contributed by atoms with Crippen molar-refractivity contribution in [3.8, 4) is 0 Å². The monoisotopic (exact) mass is 377 g/mol. The van der Waals surface area contributed by atoms with Crippen molar-refractivity contribution in [3.05, 3.63) is 63.1 Å². The number of halogens is 5. The van der Waals surface area contributed by atoms with Crippen LogP contribution in [-0.2, 0) is 6.18 Å². The molecule has 0 bridgehead atoms. The molecule has 112 valence electrons. The van der Waals surface area contributed by atoms with Crippen LogP contribution in [0.1, 0.15) is 24.1 Å². The van der Waals surface area contributed by atoms with E-state index in [1.54, 1.807) is 18.2 Å². The molecule has 6 heteroatoms. The molecule has 0 radical (unpaired) electrons. The van der Waals surface area contributed by atoms with Crippen molar-refractivity contribution in [3.63, 3.8) is 0 Å². The quantitative estimate of drug-likeness (QED) is 0.661. The highest BCUT2D eigenvalue weighted by molar-refractivity contribution is 9.10. The fourth-order valence-electron chi connectivity index (χ4n) is 1.92. The number of hydrogen-bond acceptors (Lipinski definition) is 1. The molecule has 21 heavy (non-hydrogen) atoms. The molecule has 1 nitrogen and oxygen atoms in total. The summed E-state index contributed by atoms with van der Waals surface area (Å²) >= 11 is 8.74. The zero-order chi connectivity index (χ0) is 15.6. The minimum Gasteiger partial charge on any atom is -0.379 e. The lowest BCUT2D eigenvalue weighted by Crippen LogP contribution is -2.10. The van der Waals surface area contributed by atoms with Crippen molar-refractivity contribution in [2.24, 2.45) is 0 Å². The van der Waals surface area contributed by atoms with E-state index in [0.29, 0.717) is 10.7 Å². The Kier molecular flexibility index (Phi) is 4.84. The van der Waals surface area contributed by atoms with Gasteiger partial charge in [-0.3, -0.25) is 0 Å². The van der Waals surface area contributed by atoms with Crippen molar-refractivity contribution in [2.75, 3.05) is 5.32 Å². The molecule has 1 atom stereocenters. The Bertz CT molecular complexity index is 626. The van der Waals surface area contributed by atoms with Gasteiger partial charge in [-0.15, -0.1) is 0 Å². The highest BCUT2D eigenvalue weighted by Crippen LogP contribution is 2.37. The van der Waals surface area contributed by atoms with Gasteiger partial charge in [-0.1, -0.05) is 39.7 Å². The summed E-state index contributed by atoms with van der Waals surface area (Å²) < 4.78 is 38.6. The Morgan fingerprint density at radius 2 is 1.71 bits per heavy atom. The van der Waals surface area contributed by atoms with Crippen LogP contribution in [0.4, 0.5) is 18.9 Å². The molecule has 0 aliphatic rings. The fraction of sp³-hybridized carbons (Fsp3) is 0.200. The van der Waals surface area contributed by atoms with E-state index in [9.17, 15) is 13.2 Å². The van der Waals surface area contributed by atoms with Crippen LogP contribution in [0, 0.1) is 0 Å². The minimum atomic E-state index is -4.39. The van der Waals surface area contributed by atoms with Crippen LogP contribution in [0.3, 0.4) is 0 Å². The summed E-state index contributed by atoms with van der Waals surface area (Å²) in [4.78, 5) is 0. The van der Waals surface area contributed by atoms with E-state index in [4.69, 9.17) is 11.6 Å². The van der Waals surface area contributed by atoms with Gasteiger partial charge in [-0.25, -0.2) is 0 Å². The first-order valence-electron chi connectivity index (χ1n) is 6.16. The Labute approximate surface area is 134 Å². The third-order valence-electron chi connectivity index (χ3n) is 3.02. The number of rotatable bonds is 3. The maximum Gasteiger partial charge on any atom is 0.417 e. The number of anilines is 1. The highest BCUT2D eigenvalue weighted by atomic mass is 79.9. The summed E-state index contributed by atoms with van der Waals surface area (Å²) in [6, 6.07) is 11.1. The Balaban J connectivity index is 2.21. The van der Waals surface area contributed by atoms with Crippen LogP contribution in [0.2, 0.25) is 5.02 Å². The SMILES string of the molecule is CC(Nc1ccc(Br)c(C(F)(F)F)c1)c1ccc(Cl)cc1. The van der Waals surface area contributed by atoms with Gasteiger partial charge in [-0.2, -0.15) is 13.2 Å². The van der Waals surface area contributed by atoms with E-state index in [-0.39, 0.29) is 10.5 Å². The summed E-state index contributed by atoms with van der Waals surface area (Å²) in [6.07, 6.45) is -4.39. The van der Waals surface area contributed by atoms with Crippen LogP contribution >= 0.6 is 27.5 Å². The predicted octanol–water partition coefficient (Wildman–Crippen LogP) is 6.29. The standard InChI is InChI=1S/C15H12BrClF3N/c1-9(10-2-4-11(17)5-3-10)21-12-6-7-14(16)13(8-12)15(18,19)20/h2-9,21H,1H3. The summed E-state index contributed by atoms with van der Waals surface area (Å²) in [7, 11) is 0. The molecule has 0 aliphatic heterocycles. The van der Waals surface area contributed by atoms with Gasteiger partial charge >= 0.3 is 6.18 Å². The van der Waals surface area contributed by atoms with E-state index < -0.39 is 11.7 Å². The number of hydrogen-bond donors (Lipinski definition) is 1. The van der Waals surface area contributed by atoms with E-state index in [1.807, 2.05) is 19.1 Å². The lowest BCUT2D eigenvalue weighted by Gasteiger charge is -2.18. The van der Waals surface area contributed by atoms with Gasteiger partial charge in [0.25, 0.3) is 0 Å². The Hall–Kier alpha value is -1.20. The fourth-order valence-corrected chi connectivity index (χ4v) is 2.51. The van der Waals surface area contributed by atoms with Crippen LogP contribution in [-0.4, -0.2) is 0 Å². The summed E-state index contributed by atoms with van der Waals surface area (Å²) in [5.74, 6) is 0. The van der Waals surface area contributed by atoms with Gasteiger partial charge in [0.1, 0.15) is 0 Å². The maximum absolute atomic E-state index is 12.9. The summed E-state index contributed by atoms with van der Waals surface area (Å²) in [5.41, 5.74) is 0.652. The average Bonchev–Trinajstić information content (AvgIpc) is 2.40. The van der Waals surface area contributed by atoms with Gasteiger partial charge in [0.2, 0.25) is 0 Å². The Morgan fingerprint density at radius 3 is 2.29 bits per heavy atom. The van der Waals surface area contributed by atoms with E-state index in [0.717, 1.165) is 11.6 Å². The van der Waals surface area contributed by atoms with Crippen LogP contribution in [0.25, 0.3) is 0 Å². The molecule has 2 aromatic carbocycles. The first kappa shape index (κ1) is 16.2. The third-order valence-corrected chi connectivity index (χ3v) is 3.97. The molecule has 0 spiro atoms. The molecule has 0 amide bonds. The van der Waals surface area contributed by atoms with Gasteiger partial charge in [0, 0.05) is 21.2 Å². The average molecular weight is 379 g/mol. The van der Waals surface area contributed by atoms with Crippen molar-refractivity contribution in [2.45, 2.75) is 19.1 Å². The maximum atomic E-state index is 12.9. The molecular weight excluding hydrogens is 367 g/mol. The molecule has 0 aliphatic carbocycles. The van der Waals surface area contributed by atoms with E-state index in [1.165, 1.54) is 6.07 Å². The molecule has 0 fully saturated rings.